The van der Waals surface area contributed by atoms with Crippen molar-refractivity contribution in [2.45, 2.75) is 5.75 Å². The third-order valence-electron chi connectivity index (χ3n) is 0.814. The molecule has 1 rings (SSSR count). The second kappa shape index (κ2) is 4.54. The van der Waals surface area contributed by atoms with Crippen LogP contribution in [0.4, 0.5) is 0 Å². The van der Waals surface area contributed by atoms with E-state index in [0.717, 1.165) is 0 Å². The van der Waals surface area contributed by atoms with E-state index in [-0.39, 0.29) is 29.6 Å². The molecule has 7 heteroatoms. The molecule has 0 aliphatic heterocycles. The van der Waals surface area contributed by atoms with Gasteiger partial charge in [-0.2, -0.15) is 8.42 Å². The molecular weight excluding hydrogens is 197 g/mol. The predicted octanol–water partition coefficient (Wildman–Crippen LogP) is -0.118. The molecule has 0 radical (unpaired) electrons. The van der Waals surface area contributed by atoms with Crippen LogP contribution < -0.4 is 0 Å². The maximum atomic E-state index is 10.2. The first-order valence-electron chi connectivity index (χ1n) is 2.40. The van der Waals surface area contributed by atoms with E-state index < -0.39 is 15.9 Å². The molecule has 1 N–H and O–H groups in total. The Morgan fingerprint density at radius 1 is 1.64 bits per heavy atom. The van der Waals surface area contributed by atoms with E-state index in [1.54, 1.807) is 5.38 Å². The van der Waals surface area contributed by atoms with Crippen LogP contribution in [0.3, 0.4) is 0 Å². The number of thiazole rings is 1. The predicted molar refractivity (Wildman–Crippen MR) is 44.5 cm³/mol. The van der Waals surface area contributed by atoms with Crippen LogP contribution in [0.1, 0.15) is 5.69 Å². The van der Waals surface area contributed by atoms with Gasteiger partial charge in [0.2, 0.25) is 0 Å². The molecule has 0 bridgehead atoms. The van der Waals surface area contributed by atoms with Gasteiger partial charge in [0.15, 0.2) is 0 Å². The van der Waals surface area contributed by atoms with Crippen molar-refractivity contribution in [3.63, 3.8) is 0 Å². The second-order valence-electron chi connectivity index (χ2n) is 1.71. The van der Waals surface area contributed by atoms with Crippen molar-refractivity contribution < 1.29 is 13.0 Å². The number of aromatic nitrogens is 1. The SMILES string of the molecule is O=S(=O)(O)Cc1cscn1.[NaH]. The summed E-state index contributed by atoms with van der Waals surface area (Å²) >= 11 is 1.29. The van der Waals surface area contributed by atoms with E-state index in [2.05, 4.69) is 4.98 Å². The summed E-state index contributed by atoms with van der Waals surface area (Å²) in [5, 5.41) is 1.58. The summed E-state index contributed by atoms with van der Waals surface area (Å²) in [5.74, 6) is -0.392. The average Bonchev–Trinajstić information content (AvgIpc) is 2.12. The number of rotatable bonds is 2. The van der Waals surface area contributed by atoms with E-state index in [4.69, 9.17) is 4.55 Å². The van der Waals surface area contributed by atoms with Gasteiger partial charge < -0.3 is 0 Å². The van der Waals surface area contributed by atoms with Crippen molar-refractivity contribution in [3.8, 4) is 0 Å². The fraction of sp³-hybridized carbons (Fsp3) is 0.250. The van der Waals surface area contributed by atoms with Crippen LogP contribution in [-0.4, -0.2) is 47.5 Å². The Bertz CT molecular complexity index is 293. The van der Waals surface area contributed by atoms with Gasteiger partial charge in [-0.15, -0.1) is 11.3 Å². The molecule has 0 atom stereocenters. The normalized spacial score (nSPS) is 10.6. The van der Waals surface area contributed by atoms with E-state index in [1.165, 1.54) is 16.8 Å². The third-order valence-corrected chi connectivity index (χ3v) is 2.11. The molecule has 58 valence electrons. The summed E-state index contributed by atoms with van der Waals surface area (Å²) < 4.78 is 28.8. The van der Waals surface area contributed by atoms with E-state index in [9.17, 15) is 8.42 Å². The van der Waals surface area contributed by atoms with Crippen molar-refractivity contribution in [2.24, 2.45) is 0 Å². The van der Waals surface area contributed by atoms with Crippen LogP contribution in [0.5, 0.6) is 0 Å². The Labute approximate surface area is 90.7 Å². The summed E-state index contributed by atoms with van der Waals surface area (Å²) in [4.78, 5) is 3.68. The summed E-state index contributed by atoms with van der Waals surface area (Å²) in [6.45, 7) is 0. The quantitative estimate of drug-likeness (QED) is 0.537. The fourth-order valence-corrected chi connectivity index (χ4v) is 1.69. The van der Waals surface area contributed by atoms with Crippen molar-refractivity contribution in [2.75, 3.05) is 0 Å². The molecule has 4 nitrogen and oxygen atoms in total. The Hall–Kier alpha value is 0.540. The summed E-state index contributed by atoms with van der Waals surface area (Å²) in [6.07, 6.45) is 0. The van der Waals surface area contributed by atoms with E-state index >= 15 is 0 Å². The van der Waals surface area contributed by atoms with Gasteiger partial charge in [0.1, 0.15) is 5.75 Å². The zero-order valence-electron chi connectivity index (χ0n) is 4.89. The summed E-state index contributed by atoms with van der Waals surface area (Å²) in [5.41, 5.74) is 1.90. The van der Waals surface area contributed by atoms with Gasteiger partial charge in [-0.1, -0.05) is 0 Å². The van der Waals surface area contributed by atoms with Gasteiger partial charge in [0, 0.05) is 5.38 Å². The minimum absolute atomic E-state index is 0. The van der Waals surface area contributed by atoms with Crippen LogP contribution >= 0.6 is 11.3 Å². The second-order valence-corrected chi connectivity index (χ2v) is 3.88. The van der Waals surface area contributed by atoms with Crippen LogP contribution in [0.25, 0.3) is 0 Å². The minimum atomic E-state index is -3.90. The van der Waals surface area contributed by atoms with Gasteiger partial charge in [-0.05, 0) is 0 Å². The molecule has 0 spiro atoms. The molecular formula is C4H6NNaO3S2. The van der Waals surface area contributed by atoms with Gasteiger partial charge >= 0.3 is 29.6 Å². The maximum absolute atomic E-state index is 10.2. The van der Waals surface area contributed by atoms with Gasteiger partial charge in [0.25, 0.3) is 10.1 Å². The molecule has 0 aliphatic rings. The molecule has 1 aromatic rings. The number of hydrogen-bond acceptors (Lipinski definition) is 4. The summed E-state index contributed by atoms with van der Waals surface area (Å²) in [6, 6.07) is 0. The molecule has 0 amide bonds. The van der Waals surface area contributed by atoms with Crippen LogP contribution in [-0.2, 0) is 15.9 Å². The Kier molecular flexibility index (Phi) is 4.76. The van der Waals surface area contributed by atoms with Crippen LogP contribution in [0.15, 0.2) is 10.9 Å². The average molecular weight is 203 g/mol. The van der Waals surface area contributed by atoms with E-state index in [1.807, 2.05) is 0 Å². The van der Waals surface area contributed by atoms with Crippen LogP contribution in [0.2, 0.25) is 0 Å². The molecule has 0 saturated carbocycles. The van der Waals surface area contributed by atoms with Gasteiger partial charge in [0.05, 0.1) is 11.2 Å². The Morgan fingerprint density at radius 2 is 2.27 bits per heavy atom. The molecule has 0 saturated heterocycles. The first kappa shape index (κ1) is 11.5. The monoisotopic (exact) mass is 203 g/mol. The molecule has 0 unspecified atom stereocenters. The topological polar surface area (TPSA) is 67.3 Å². The van der Waals surface area contributed by atoms with Gasteiger partial charge in [-0.3, -0.25) is 4.55 Å². The van der Waals surface area contributed by atoms with Crippen LogP contribution in [0, 0.1) is 0 Å². The fourth-order valence-electron chi connectivity index (χ4n) is 0.496. The Balaban J connectivity index is 0.000001000. The molecule has 11 heavy (non-hydrogen) atoms. The zero-order chi connectivity index (χ0) is 7.61. The first-order chi connectivity index (χ1) is 4.58. The van der Waals surface area contributed by atoms with Crippen molar-refractivity contribution in [3.05, 3.63) is 16.6 Å². The standard InChI is InChI=1S/C4H5NO3S2.Na.H/c6-10(7,8)2-4-1-9-3-5-4;;/h1,3H,2H2,(H,6,7,8);;. The summed E-state index contributed by atoms with van der Waals surface area (Å²) in [7, 11) is -3.90. The molecule has 0 aliphatic carbocycles. The first-order valence-corrected chi connectivity index (χ1v) is 4.95. The van der Waals surface area contributed by atoms with Crippen molar-refractivity contribution in [1.82, 2.24) is 4.98 Å². The molecule has 1 heterocycles. The molecule has 0 aromatic carbocycles. The molecule has 0 fully saturated rings. The zero-order valence-corrected chi connectivity index (χ0v) is 6.52. The number of hydrogen-bond donors (Lipinski definition) is 1. The molecule has 1 aromatic heterocycles. The van der Waals surface area contributed by atoms with E-state index in [0.29, 0.717) is 5.69 Å². The number of nitrogens with zero attached hydrogens (tertiary/aromatic N) is 1. The van der Waals surface area contributed by atoms with Crippen molar-refractivity contribution in [1.29, 1.82) is 0 Å². The van der Waals surface area contributed by atoms with Crippen molar-refractivity contribution >= 4 is 51.0 Å². The van der Waals surface area contributed by atoms with Gasteiger partial charge in [-0.25, -0.2) is 4.98 Å². The Morgan fingerprint density at radius 3 is 2.64 bits per heavy atom. The third kappa shape index (κ3) is 4.89.